The Morgan fingerprint density at radius 3 is 2.86 bits per heavy atom. The summed E-state index contributed by atoms with van der Waals surface area (Å²) in [5, 5.41) is 19.5. The minimum atomic E-state index is -1.47. The summed E-state index contributed by atoms with van der Waals surface area (Å²) in [6, 6.07) is 0. The van der Waals surface area contributed by atoms with Crippen LogP contribution in [-0.2, 0) is 13.0 Å². The number of aromatic hydroxyl groups is 1. The van der Waals surface area contributed by atoms with Crippen LogP contribution in [0.15, 0.2) is 11.4 Å². The van der Waals surface area contributed by atoms with E-state index in [9.17, 15) is 14.7 Å². The van der Waals surface area contributed by atoms with Crippen LogP contribution < -0.4 is 5.56 Å². The lowest BCUT2D eigenvalue weighted by Crippen LogP contribution is -2.20. The Kier molecular flexibility index (Phi) is 3.29. The summed E-state index contributed by atoms with van der Waals surface area (Å²) in [6.07, 6.45) is 2.61. The van der Waals surface area contributed by atoms with Gasteiger partial charge in [0.2, 0.25) is 0 Å². The molecule has 0 spiro atoms. The van der Waals surface area contributed by atoms with Crippen molar-refractivity contribution in [2.24, 2.45) is 0 Å². The Morgan fingerprint density at radius 2 is 2.23 bits per heavy atom. The van der Waals surface area contributed by atoms with Crippen LogP contribution in [-0.4, -0.2) is 30.7 Å². The Labute approximate surface area is 129 Å². The van der Waals surface area contributed by atoms with Crippen molar-refractivity contribution >= 4 is 23.6 Å². The van der Waals surface area contributed by atoms with Gasteiger partial charge in [0.25, 0.3) is 5.56 Å². The Morgan fingerprint density at radius 1 is 1.50 bits per heavy atom. The molecule has 1 aliphatic rings. The third-order valence-corrected chi connectivity index (χ3v) is 3.97. The molecule has 114 valence electrons. The monoisotopic (exact) mass is 321 g/mol. The molecule has 8 heteroatoms. The number of rotatable bonds is 2. The van der Waals surface area contributed by atoms with E-state index in [0.717, 1.165) is 0 Å². The fourth-order valence-corrected chi connectivity index (χ4v) is 2.98. The van der Waals surface area contributed by atoms with Crippen molar-refractivity contribution in [2.45, 2.75) is 19.4 Å². The summed E-state index contributed by atoms with van der Waals surface area (Å²) in [5.74, 6) is -1.60. The predicted molar refractivity (Wildman–Crippen MR) is 80.3 cm³/mol. The van der Waals surface area contributed by atoms with Crippen molar-refractivity contribution in [3.8, 4) is 17.3 Å². The minimum Gasteiger partial charge on any atom is -0.506 e. The van der Waals surface area contributed by atoms with E-state index in [1.807, 2.05) is 0 Å². The summed E-state index contributed by atoms with van der Waals surface area (Å²) in [6.45, 7) is 4.25. The van der Waals surface area contributed by atoms with Crippen LogP contribution in [0.4, 0.5) is 0 Å². The average Bonchev–Trinajstić information content (AvgIpc) is 2.65. The van der Waals surface area contributed by atoms with Crippen LogP contribution in [0.5, 0.6) is 5.75 Å². The van der Waals surface area contributed by atoms with E-state index < -0.39 is 22.8 Å². The lowest BCUT2D eigenvalue weighted by Gasteiger charge is -2.09. The smallest absolute Gasteiger partial charge is 0.345 e. The summed E-state index contributed by atoms with van der Waals surface area (Å²) in [5.41, 5.74) is -0.273. The molecule has 0 fully saturated rings. The van der Waals surface area contributed by atoms with Gasteiger partial charge < -0.3 is 19.8 Å². The van der Waals surface area contributed by atoms with Crippen molar-refractivity contribution in [3.05, 3.63) is 38.9 Å². The standard InChI is InChI=1S/C14H12ClN3O4/c1-2-7-11(15)17-12-9-6(4-3-5-18(7)12)10(19)8(14(21)22)13(20)16-9/h2H,1,3-5H2,(H,21,22)(H2,16,19,20). The highest BCUT2D eigenvalue weighted by molar-refractivity contribution is 6.31. The van der Waals surface area contributed by atoms with E-state index in [4.69, 9.17) is 16.7 Å². The second kappa shape index (κ2) is 5.03. The number of aromatic nitrogens is 3. The number of aromatic amines is 1. The van der Waals surface area contributed by atoms with Crippen LogP contribution in [0.3, 0.4) is 0 Å². The molecule has 0 saturated heterocycles. The predicted octanol–water partition coefficient (Wildman–Crippen LogP) is 1.88. The van der Waals surface area contributed by atoms with Gasteiger partial charge in [0.1, 0.15) is 5.75 Å². The van der Waals surface area contributed by atoms with Gasteiger partial charge >= 0.3 is 5.97 Å². The molecular weight excluding hydrogens is 310 g/mol. The number of fused-ring (bicyclic) bond motifs is 3. The molecule has 2 aromatic heterocycles. The summed E-state index contributed by atoms with van der Waals surface area (Å²) in [7, 11) is 0. The molecular formula is C14H12ClN3O4. The number of pyridine rings is 1. The van der Waals surface area contributed by atoms with Crippen molar-refractivity contribution in [2.75, 3.05) is 0 Å². The molecule has 1 aliphatic heterocycles. The van der Waals surface area contributed by atoms with Gasteiger partial charge in [-0.05, 0) is 18.9 Å². The number of carboxylic acids is 1. The quantitative estimate of drug-likeness (QED) is 0.782. The second-order valence-electron chi connectivity index (χ2n) is 4.91. The first-order valence-electron chi connectivity index (χ1n) is 6.56. The largest absolute Gasteiger partial charge is 0.506 e. The first-order valence-corrected chi connectivity index (χ1v) is 6.93. The maximum atomic E-state index is 12.0. The Balaban J connectivity index is 2.37. The third-order valence-electron chi connectivity index (χ3n) is 3.69. The highest BCUT2D eigenvalue weighted by Crippen LogP contribution is 2.35. The number of carbonyl (C=O) groups is 1. The van der Waals surface area contributed by atoms with Gasteiger partial charge in [0.15, 0.2) is 16.5 Å². The van der Waals surface area contributed by atoms with Gasteiger partial charge in [-0.2, -0.15) is 0 Å². The van der Waals surface area contributed by atoms with Gasteiger partial charge in [-0.1, -0.05) is 18.2 Å². The van der Waals surface area contributed by atoms with Gasteiger partial charge in [0, 0.05) is 12.1 Å². The number of nitrogens with zero attached hydrogens (tertiary/aromatic N) is 2. The third kappa shape index (κ3) is 1.93. The van der Waals surface area contributed by atoms with Crippen LogP contribution in [0.1, 0.15) is 28.0 Å². The maximum Gasteiger partial charge on any atom is 0.345 e. The number of H-pyrrole nitrogens is 1. The van der Waals surface area contributed by atoms with Crippen molar-refractivity contribution < 1.29 is 15.0 Å². The first kappa shape index (κ1) is 14.4. The van der Waals surface area contributed by atoms with Gasteiger partial charge in [-0.3, -0.25) is 4.79 Å². The minimum absolute atomic E-state index is 0.237. The van der Waals surface area contributed by atoms with Gasteiger partial charge in [0.05, 0.1) is 11.4 Å². The molecule has 7 nitrogen and oxygen atoms in total. The van der Waals surface area contributed by atoms with Crippen LogP contribution in [0.2, 0.25) is 5.15 Å². The normalized spacial score (nSPS) is 13.1. The number of imidazole rings is 1. The molecule has 0 aliphatic carbocycles. The first-order chi connectivity index (χ1) is 10.5. The number of hydrogen-bond donors (Lipinski definition) is 3. The number of aromatic carboxylic acids is 1. The van der Waals surface area contributed by atoms with Crippen LogP contribution in [0.25, 0.3) is 17.6 Å². The molecule has 3 heterocycles. The molecule has 2 aromatic rings. The van der Waals surface area contributed by atoms with Crippen LogP contribution >= 0.6 is 11.6 Å². The molecule has 0 saturated carbocycles. The fraction of sp³-hybridized carbons (Fsp3) is 0.214. The lowest BCUT2D eigenvalue weighted by molar-refractivity contribution is 0.0691. The molecule has 0 bridgehead atoms. The molecule has 0 radical (unpaired) electrons. The lowest BCUT2D eigenvalue weighted by atomic mass is 10.0. The fourth-order valence-electron chi connectivity index (χ4n) is 2.72. The molecule has 0 unspecified atom stereocenters. The van der Waals surface area contributed by atoms with Crippen LogP contribution in [0, 0.1) is 0 Å². The van der Waals surface area contributed by atoms with E-state index in [2.05, 4.69) is 16.5 Å². The Bertz CT molecular complexity index is 866. The molecule has 0 aromatic carbocycles. The van der Waals surface area contributed by atoms with Crippen molar-refractivity contribution in [1.29, 1.82) is 0 Å². The van der Waals surface area contributed by atoms with Crippen molar-refractivity contribution in [1.82, 2.24) is 14.5 Å². The second-order valence-corrected chi connectivity index (χ2v) is 5.27. The molecule has 22 heavy (non-hydrogen) atoms. The van der Waals surface area contributed by atoms with E-state index >= 15 is 0 Å². The van der Waals surface area contributed by atoms with E-state index in [1.165, 1.54) is 0 Å². The van der Waals surface area contributed by atoms with E-state index in [-0.39, 0.29) is 5.15 Å². The van der Waals surface area contributed by atoms with E-state index in [1.54, 1.807) is 10.6 Å². The molecule has 3 N–H and O–H groups in total. The summed E-state index contributed by atoms with van der Waals surface area (Å²) in [4.78, 5) is 29.8. The summed E-state index contributed by atoms with van der Waals surface area (Å²) >= 11 is 6.06. The highest BCUT2D eigenvalue weighted by Gasteiger charge is 2.27. The molecule has 0 atom stereocenters. The maximum absolute atomic E-state index is 12.0. The van der Waals surface area contributed by atoms with Crippen molar-refractivity contribution in [3.63, 3.8) is 0 Å². The summed E-state index contributed by atoms with van der Waals surface area (Å²) < 4.78 is 1.79. The topological polar surface area (TPSA) is 108 Å². The highest BCUT2D eigenvalue weighted by atomic mass is 35.5. The zero-order valence-electron chi connectivity index (χ0n) is 11.4. The number of carboxylic acid groups (broad SMARTS) is 1. The average molecular weight is 322 g/mol. The van der Waals surface area contributed by atoms with Gasteiger partial charge in [-0.25, -0.2) is 9.78 Å². The SMILES string of the molecule is C=Cc1c(Cl)nc2n1CCCc1c-2[nH]c(=O)c(C(=O)O)c1O. The number of halogens is 1. The Hall–Kier alpha value is -2.54. The molecule has 3 rings (SSSR count). The van der Waals surface area contributed by atoms with Gasteiger partial charge in [-0.15, -0.1) is 0 Å². The zero-order chi connectivity index (χ0) is 16.0. The van der Waals surface area contributed by atoms with E-state index in [0.29, 0.717) is 42.2 Å². The zero-order valence-corrected chi connectivity index (χ0v) is 12.1. The molecule has 0 amide bonds. The number of nitrogens with one attached hydrogen (secondary N) is 1. The number of hydrogen-bond acceptors (Lipinski definition) is 4.